The van der Waals surface area contributed by atoms with Crippen molar-refractivity contribution >= 4 is 17.0 Å². The molecule has 0 aliphatic carbocycles. The van der Waals surface area contributed by atoms with Crippen LogP contribution in [-0.2, 0) is 14.2 Å². The second-order valence-electron chi connectivity index (χ2n) is 7.30. The number of fused-ring (bicyclic) bond motifs is 2. The van der Waals surface area contributed by atoms with Crippen molar-refractivity contribution in [2.45, 2.75) is 43.0 Å². The third-order valence-corrected chi connectivity index (χ3v) is 5.43. The zero-order chi connectivity index (χ0) is 20.8. The lowest BCUT2D eigenvalue weighted by Gasteiger charge is -2.38. The number of hydrogen-bond donors (Lipinski definition) is 4. The summed E-state index contributed by atoms with van der Waals surface area (Å²) in [5, 5.41) is 32.1. The summed E-state index contributed by atoms with van der Waals surface area (Å²) in [5.74, 6) is 0.176. The van der Waals surface area contributed by atoms with Crippen molar-refractivity contribution in [3.63, 3.8) is 0 Å². The number of anilines is 1. The van der Waals surface area contributed by atoms with Crippen molar-refractivity contribution < 1.29 is 29.5 Å². The van der Waals surface area contributed by atoms with Crippen molar-refractivity contribution in [3.8, 4) is 0 Å². The van der Waals surface area contributed by atoms with E-state index in [2.05, 4.69) is 15.0 Å². The number of imidazole rings is 1. The number of aliphatic hydroxyl groups is 3. The molecule has 0 bridgehead atoms. The van der Waals surface area contributed by atoms with Crippen molar-refractivity contribution in [3.05, 3.63) is 48.5 Å². The lowest BCUT2D eigenvalue weighted by atomic mass is 9.99. The lowest BCUT2D eigenvalue weighted by Crippen LogP contribution is -2.51. The number of rotatable bonds is 2. The average Bonchev–Trinajstić information content (AvgIpc) is 3.18. The van der Waals surface area contributed by atoms with Gasteiger partial charge in [0.2, 0.25) is 0 Å². The molecule has 1 aromatic carbocycles. The summed E-state index contributed by atoms with van der Waals surface area (Å²) in [4.78, 5) is 12.2. The smallest absolute Gasteiger partial charge is 0.184 e. The number of nitrogen functional groups attached to an aromatic ring is 1. The first-order chi connectivity index (χ1) is 14.5. The molecule has 2 fully saturated rings. The molecule has 0 saturated carbocycles. The van der Waals surface area contributed by atoms with E-state index in [0.29, 0.717) is 11.2 Å². The van der Waals surface area contributed by atoms with Crippen LogP contribution < -0.4 is 5.73 Å². The molecule has 0 amide bonds. The van der Waals surface area contributed by atoms with Gasteiger partial charge >= 0.3 is 0 Å². The standard InChI is InChI=1S/C19H21N5O6/c20-16-11-17(22-7-21-16)24(8-23-11)18-14(27)12(25)13(26)15-10(29-18)6-28-19(30-15)9-4-2-1-3-5-9/h1-5,7-8,10,12-15,18-19,25-27H,6H2,(H2,20,21,22)/t10-,12-,13-,14-,15-,18-,19?/m1/s1. The molecule has 7 atom stereocenters. The van der Waals surface area contributed by atoms with Crippen LogP contribution in [0.2, 0.25) is 0 Å². The Bertz CT molecular complexity index is 1030. The summed E-state index contributed by atoms with van der Waals surface area (Å²) >= 11 is 0. The Morgan fingerprint density at radius 1 is 0.967 bits per heavy atom. The van der Waals surface area contributed by atoms with Gasteiger partial charge in [0.25, 0.3) is 0 Å². The normalized spacial score (nSPS) is 34.4. The topological polar surface area (TPSA) is 158 Å². The number of nitrogens with two attached hydrogens (primary N) is 1. The first-order valence-electron chi connectivity index (χ1n) is 9.49. The molecular formula is C19H21N5O6. The maximum Gasteiger partial charge on any atom is 0.184 e. The van der Waals surface area contributed by atoms with Gasteiger partial charge in [-0.1, -0.05) is 30.3 Å². The van der Waals surface area contributed by atoms with E-state index < -0.39 is 43.0 Å². The molecule has 5 rings (SSSR count). The molecule has 2 aromatic heterocycles. The van der Waals surface area contributed by atoms with E-state index >= 15 is 0 Å². The first-order valence-corrected chi connectivity index (χ1v) is 9.49. The fourth-order valence-electron chi connectivity index (χ4n) is 3.86. The molecule has 4 heterocycles. The van der Waals surface area contributed by atoms with Crippen molar-refractivity contribution in [1.82, 2.24) is 19.5 Å². The monoisotopic (exact) mass is 415 g/mol. The molecule has 0 spiro atoms. The highest BCUT2D eigenvalue weighted by molar-refractivity contribution is 5.81. The van der Waals surface area contributed by atoms with Crippen LogP contribution in [-0.4, -0.2) is 72.0 Å². The average molecular weight is 415 g/mol. The summed E-state index contributed by atoms with van der Waals surface area (Å²) in [5.41, 5.74) is 7.26. The number of aliphatic hydroxyl groups excluding tert-OH is 3. The summed E-state index contributed by atoms with van der Waals surface area (Å²) in [6.07, 6.45) is -5.29. The Morgan fingerprint density at radius 3 is 2.57 bits per heavy atom. The molecule has 30 heavy (non-hydrogen) atoms. The predicted octanol–water partition coefficient (Wildman–Crippen LogP) is -0.497. The molecule has 0 radical (unpaired) electrons. The minimum Gasteiger partial charge on any atom is -0.387 e. The van der Waals surface area contributed by atoms with Gasteiger partial charge in [-0.3, -0.25) is 4.57 Å². The van der Waals surface area contributed by atoms with Gasteiger partial charge in [0.15, 0.2) is 24.0 Å². The Hall–Kier alpha value is -2.67. The van der Waals surface area contributed by atoms with Gasteiger partial charge in [-0.25, -0.2) is 15.0 Å². The van der Waals surface area contributed by atoms with Gasteiger partial charge in [-0.05, 0) is 0 Å². The van der Waals surface area contributed by atoms with Crippen LogP contribution >= 0.6 is 0 Å². The largest absolute Gasteiger partial charge is 0.387 e. The predicted molar refractivity (Wildman–Crippen MR) is 102 cm³/mol. The second-order valence-corrected chi connectivity index (χ2v) is 7.30. The van der Waals surface area contributed by atoms with E-state index in [9.17, 15) is 15.3 Å². The second kappa shape index (κ2) is 7.54. The third kappa shape index (κ3) is 3.12. The zero-order valence-corrected chi connectivity index (χ0v) is 15.7. The molecule has 11 heteroatoms. The van der Waals surface area contributed by atoms with E-state index in [-0.39, 0.29) is 12.4 Å². The van der Waals surface area contributed by atoms with Crippen LogP contribution in [0, 0.1) is 0 Å². The molecule has 11 nitrogen and oxygen atoms in total. The number of nitrogens with zero attached hydrogens (tertiary/aromatic N) is 4. The quantitative estimate of drug-likeness (QED) is 0.430. The molecule has 3 aromatic rings. The number of aromatic nitrogens is 4. The van der Waals surface area contributed by atoms with Crippen LogP contribution in [0.1, 0.15) is 18.1 Å². The van der Waals surface area contributed by atoms with Crippen molar-refractivity contribution in [2.24, 2.45) is 0 Å². The molecule has 2 saturated heterocycles. The summed E-state index contributed by atoms with van der Waals surface area (Å²) < 4.78 is 19.2. The van der Waals surface area contributed by atoms with Gasteiger partial charge < -0.3 is 35.3 Å². The van der Waals surface area contributed by atoms with Crippen LogP contribution in [0.4, 0.5) is 5.82 Å². The summed E-state index contributed by atoms with van der Waals surface area (Å²) in [6.45, 7) is 0.0843. The van der Waals surface area contributed by atoms with E-state index in [0.717, 1.165) is 5.56 Å². The van der Waals surface area contributed by atoms with Gasteiger partial charge in [0.05, 0.1) is 12.9 Å². The molecule has 5 N–H and O–H groups in total. The third-order valence-electron chi connectivity index (χ3n) is 5.43. The van der Waals surface area contributed by atoms with Gasteiger partial charge in [0, 0.05) is 5.56 Å². The van der Waals surface area contributed by atoms with Gasteiger partial charge in [-0.15, -0.1) is 0 Å². The van der Waals surface area contributed by atoms with Crippen molar-refractivity contribution in [1.29, 1.82) is 0 Å². The molecule has 2 aliphatic rings. The Balaban J connectivity index is 1.47. The molecule has 2 aliphatic heterocycles. The Labute approximate surface area is 170 Å². The fraction of sp³-hybridized carbons (Fsp3) is 0.421. The Morgan fingerprint density at radius 2 is 1.77 bits per heavy atom. The highest BCUT2D eigenvalue weighted by atomic mass is 16.7. The molecule has 1 unspecified atom stereocenters. The maximum atomic E-state index is 10.8. The van der Waals surface area contributed by atoms with E-state index in [1.165, 1.54) is 17.2 Å². The minimum atomic E-state index is -1.55. The van der Waals surface area contributed by atoms with Gasteiger partial charge in [0.1, 0.15) is 42.4 Å². The van der Waals surface area contributed by atoms with Gasteiger partial charge in [-0.2, -0.15) is 0 Å². The number of hydrogen-bond acceptors (Lipinski definition) is 10. The van der Waals surface area contributed by atoms with E-state index in [1.54, 1.807) is 0 Å². The Kier molecular flexibility index (Phi) is 4.85. The highest BCUT2D eigenvalue weighted by Crippen LogP contribution is 2.36. The van der Waals surface area contributed by atoms with Crippen LogP contribution in [0.15, 0.2) is 43.0 Å². The molecular weight excluding hydrogens is 394 g/mol. The minimum absolute atomic E-state index is 0.0843. The van der Waals surface area contributed by atoms with Crippen molar-refractivity contribution in [2.75, 3.05) is 12.3 Å². The SMILES string of the molecule is Nc1ncnc2c1ncn2[C@@H]1O[C@@H]2COC(c3ccccc3)O[C@H]2[C@H](O)[C@@H](O)[C@H]1O. The first kappa shape index (κ1) is 19.3. The zero-order valence-electron chi connectivity index (χ0n) is 15.7. The van der Waals surface area contributed by atoms with Crippen LogP contribution in [0.25, 0.3) is 11.2 Å². The maximum absolute atomic E-state index is 10.8. The van der Waals surface area contributed by atoms with E-state index in [1.807, 2.05) is 30.3 Å². The fourth-order valence-corrected chi connectivity index (χ4v) is 3.86. The van der Waals surface area contributed by atoms with E-state index in [4.69, 9.17) is 19.9 Å². The molecule has 158 valence electrons. The van der Waals surface area contributed by atoms with Crippen LogP contribution in [0.5, 0.6) is 0 Å². The number of benzene rings is 1. The summed E-state index contributed by atoms with van der Waals surface area (Å²) in [6, 6.07) is 9.24. The number of ether oxygens (including phenoxy) is 3. The summed E-state index contributed by atoms with van der Waals surface area (Å²) in [7, 11) is 0. The van der Waals surface area contributed by atoms with Crippen LogP contribution in [0.3, 0.4) is 0 Å². The lowest BCUT2D eigenvalue weighted by molar-refractivity contribution is -0.290. The highest BCUT2D eigenvalue weighted by Gasteiger charge is 2.49.